The number of anilines is 1. The summed E-state index contributed by atoms with van der Waals surface area (Å²) in [6.45, 7) is 2.24. The number of nitrogens with one attached hydrogen (secondary N) is 2. The molecule has 2 amide bonds. The minimum atomic E-state index is -1.58. The monoisotopic (exact) mass is 417 g/mol. The molecule has 0 aromatic heterocycles. The molecule has 0 spiro atoms. The van der Waals surface area contributed by atoms with Gasteiger partial charge in [0.2, 0.25) is 5.91 Å². The highest BCUT2D eigenvalue weighted by atomic mass is 19.2. The van der Waals surface area contributed by atoms with Crippen LogP contribution in [0.2, 0.25) is 0 Å². The summed E-state index contributed by atoms with van der Waals surface area (Å²) in [5, 5.41) is 5.68. The van der Waals surface area contributed by atoms with Crippen molar-refractivity contribution in [1.29, 1.82) is 0 Å². The number of aryl methyl sites for hydroxylation is 1. The van der Waals surface area contributed by atoms with Crippen molar-refractivity contribution in [1.82, 2.24) is 10.2 Å². The fourth-order valence-electron chi connectivity index (χ4n) is 3.97. The van der Waals surface area contributed by atoms with Gasteiger partial charge in [-0.15, -0.1) is 0 Å². The molecule has 2 aliphatic rings. The topological polar surface area (TPSA) is 61.4 Å². The van der Waals surface area contributed by atoms with Gasteiger partial charge in [0.05, 0.1) is 0 Å². The molecule has 2 aromatic rings. The first-order valence-electron chi connectivity index (χ1n) is 9.98. The first kappa shape index (κ1) is 20.4. The Morgan fingerprint density at radius 3 is 2.47 bits per heavy atom. The number of hydrogen-bond donors (Lipinski definition) is 2. The molecule has 8 heteroatoms. The Kier molecular flexibility index (Phi) is 5.76. The van der Waals surface area contributed by atoms with Gasteiger partial charge in [0.1, 0.15) is 0 Å². The van der Waals surface area contributed by atoms with E-state index in [-0.39, 0.29) is 17.5 Å². The van der Waals surface area contributed by atoms with Gasteiger partial charge >= 0.3 is 0 Å². The second kappa shape index (κ2) is 8.47. The zero-order chi connectivity index (χ0) is 21.3. The van der Waals surface area contributed by atoms with E-state index in [4.69, 9.17) is 0 Å². The van der Waals surface area contributed by atoms with Crippen LogP contribution in [0.4, 0.5) is 18.9 Å². The molecule has 30 heavy (non-hydrogen) atoms. The number of hydrogen-bond acceptors (Lipinski definition) is 3. The number of nitrogens with zero attached hydrogens (tertiary/aromatic N) is 1. The van der Waals surface area contributed by atoms with E-state index in [1.54, 1.807) is 0 Å². The molecule has 0 radical (unpaired) electrons. The van der Waals surface area contributed by atoms with Gasteiger partial charge in [-0.3, -0.25) is 14.5 Å². The standard InChI is InChI=1S/C22H22F3N3O2/c23-17-10-15(11-18(24)21(17)25)22(30)26-16-5-7-28(8-6-16)12-13-1-2-14-3-4-20(29)27-19(14)9-13/h1-2,9-11,16H,3-8,12H2,(H,26,30)(H,27,29). The Labute approximate surface area is 172 Å². The van der Waals surface area contributed by atoms with Gasteiger partial charge in [-0.1, -0.05) is 12.1 Å². The van der Waals surface area contributed by atoms with E-state index >= 15 is 0 Å². The molecule has 0 saturated carbocycles. The average Bonchev–Trinajstić information content (AvgIpc) is 2.72. The minimum Gasteiger partial charge on any atom is -0.349 e. The smallest absolute Gasteiger partial charge is 0.251 e. The zero-order valence-corrected chi connectivity index (χ0v) is 16.3. The number of piperidine rings is 1. The molecule has 0 bridgehead atoms. The summed E-state index contributed by atoms with van der Waals surface area (Å²) in [5.41, 5.74) is 2.90. The lowest BCUT2D eigenvalue weighted by molar-refractivity contribution is -0.116. The number of carbonyl (C=O) groups excluding carboxylic acids is 2. The Morgan fingerprint density at radius 2 is 1.77 bits per heavy atom. The largest absolute Gasteiger partial charge is 0.349 e. The third-order valence-corrected chi connectivity index (χ3v) is 5.64. The number of likely N-dealkylation sites (tertiary alicyclic amines) is 1. The van der Waals surface area contributed by atoms with Crippen molar-refractivity contribution in [3.05, 3.63) is 64.5 Å². The number of amides is 2. The van der Waals surface area contributed by atoms with Crippen LogP contribution in [0.15, 0.2) is 30.3 Å². The summed E-state index contributed by atoms with van der Waals surface area (Å²) < 4.78 is 39.7. The van der Waals surface area contributed by atoms with Crippen molar-refractivity contribution in [3.63, 3.8) is 0 Å². The maximum Gasteiger partial charge on any atom is 0.251 e. The van der Waals surface area contributed by atoms with Crippen molar-refractivity contribution in [2.75, 3.05) is 18.4 Å². The van der Waals surface area contributed by atoms with Gasteiger partial charge in [0, 0.05) is 43.3 Å². The van der Waals surface area contributed by atoms with Crippen LogP contribution in [0.3, 0.4) is 0 Å². The molecular weight excluding hydrogens is 395 g/mol. The molecule has 2 aliphatic heterocycles. The lowest BCUT2D eigenvalue weighted by Crippen LogP contribution is -2.44. The van der Waals surface area contributed by atoms with Gasteiger partial charge < -0.3 is 10.6 Å². The van der Waals surface area contributed by atoms with Gasteiger partial charge in [0.15, 0.2) is 17.5 Å². The predicted molar refractivity (Wildman–Crippen MR) is 105 cm³/mol. The molecule has 0 atom stereocenters. The Balaban J connectivity index is 1.30. The van der Waals surface area contributed by atoms with E-state index in [2.05, 4.69) is 27.7 Å². The number of fused-ring (bicyclic) bond motifs is 1. The molecule has 1 saturated heterocycles. The van der Waals surface area contributed by atoms with E-state index in [0.29, 0.717) is 31.4 Å². The fraction of sp³-hybridized carbons (Fsp3) is 0.364. The predicted octanol–water partition coefficient (Wildman–Crippen LogP) is 3.38. The second-order valence-corrected chi connectivity index (χ2v) is 7.82. The lowest BCUT2D eigenvalue weighted by atomic mass is 9.99. The molecule has 2 aromatic carbocycles. The molecule has 158 valence electrons. The first-order valence-corrected chi connectivity index (χ1v) is 9.98. The summed E-state index contributed by atoms with van der Waals surface area (Å²) in [7, 11) is 0. The van der Waals surface area contributed by atoms with E-state index < -0.39 is 23.4 Å². The Hall–Kier alpha value is -2.87. The highest BCUT2D eigenvalue weighted by Crippen LogP contribution is 2.25. The lowest BCUT2D eigenvalue weighted by Gasteiger charge is -2.32. The van der Waals surface area contributed by atoms with Crippen LogP contribution >= 0.6 is 0 Å². The zero-order valence-electron chi connectivity index (χ0n) is 16.3. The maximum atomic E-state index is 13.3. The first-order chi connectivity index (χ1) is 14.4. The highest BCUT2D eigenvalue weighted by molar-refractivity contribution is 5.94. The third-order valence-electron chi connectivity index (χ3n) is 5.64. The molecule has 5 nitrogen and oxygen atoms in total. The van der Waals surface area contributed by atoms with Gasteiger partial charge in [0.25, 0.3) is 5.91 Å². The molecule has 2 N–H and O–H groups in total. The van der Waals surface area contributed by atoms with Crippen LogP contribution in [-0.4, -0.2) is 35.8 Å². The van der Waals surface area contributed by atoms with Crippen LogP contribution in [0.25, 0.3) is 0 Å². The van der Waals surface area contributed by atoms with E-state index in [1.807, 2.05) is 6.07 Å². The minimum absolute atomic E-state index is 0.0390. The summed E-state index contributed by atoms with van der Waals surface area (Å²) in [6.07, 6.45) is 2.66. The molecule has 1 fully saturated rings. The number of benzene rings is 2. The van der Waals surface area contributed by atoms with Crippen molar-refractivity contribution < 1.29 is 22.8 Å². The Morgan fingerprint density at radius 1 is 1.07 bits per heavy atom. The molecular formula is C22H22F3N3O2. The van der Waals surface area contributed by atoms with Crippen LogP contribution in [-0.2, 0) is 17.8 Å². The van der Waals surface area contributed by atoms with E-state index in [1.165, 1.54) is 0 Å². The quantitative estimate of drug-likeness (QED) is 0.750. The summed E-state index contributed by atoms with van der Waals surface area (Å²) in [5.74, 6) is -4.91. The Bertz CT molecular complexity index is 965. The molecule has 4 rings (SSSR count). The number of rotatable bonds is 4. The number of halogens is 3. The van der Waals surface area contributed by atoms with Crippen molar-refractivity contribution in [2.45, 2.75) is 38.3 Å². The molecule has 0 unspecified atom stereocenters. The van der Waals surface area contributed by atoms with Crippen LogP contribution < -0.4 is 10.6 Å². The summed E-state index contributed by atoms with van der Waals surface area (Å²) in [4.78, 5) is 26.1. The van der Waals surface area contributed by atoms with Crippen LogP contribution in [0, 0.1) is 17.5 Å². The molecule has 2 heterocycles. The van der Waals surface area contributed by atoms with Crippen molar-refractivity contribution >= 4 is 17.5 Å². The van der Waals surface area contributed by atoms with Crippen molar-refractivity contribution in [3.8, 4) is 0 Å². The van der Waals surface area contributed by atoms with Gasteiger partial charge in [-0.2, -0.15) is 0 Å². The molecule has 0 aliphatic carbocycles. The SMILES string of the molecule is O=C1CCc2ccc(CN3CCC(NC(=O)c4cc(F)c(F)c(F)c4)CC3)cc2N1. The van der Waals surface area contributed by atoms with Gasteiger partial charge in [-0.25, -0.2) is 13.2 Å². The average molecular weight is 417 g/mol. The maximum absolute atomic E-state index is 13.3. The third kappa shape index (κ3) is 4.48. The van der Waals surface area contributed by atoms with Crippen LogP contribution in [0.5, 0.6) is 0 Å². The van der Waals surface area contributed by atoms with Gasteiger partial charge in [-0.05, 0) is 48.6 Å². The van der Waals surface area contributed by atoms with Crippen molar-refractivity contribution in [2.24, 2.45) is 0 Å². The number of carbonyl (C=O) groups is 2. The summed E-state index contributed by atoms with van der Waals surface area (Å²) in [6, 6.07) is 7.43. The van der Waals surface area contributed by atoms with Crippen LogP contribution in [0.1, 0.15) is 40.7 Å². The normalized spacial score (nSPS) is 17.4. The highest BCUT2D eigenvalue weighted by Gasteiger charge is 2.23. The van der Waals surface area contributed by atoms with E-state index in [9.17, 15) is 22.8 Å². The summed E-state index contributed by atoms with van der Waals surface area (Å²) >= 11 is 0. The second-order valence-electron chi connectivity index (χ2n) is 7.82. The van der Waals surface area contributed by atoms with E-state index in [0.717, 1.165) is 42.9 Å². The fourth-order valence-corrected chi connectivity index (χ4v) is 3.97.